The first kappa shape index (κ1) is 16.9. The Morgan fingerprint density at radius 2 is 2.21 bits per heavy atom. The first-order valence-corrected chi connectivity index (χ1v) is 8.87. The van der Waals surface area contributed by atoms with Gasteiger partial charge in [0, 0.05) is 5.25 Å². The summed E-state index contributed by atoms with van der Waals surface area (Å²) in [7, 11) is 0. The zero-order valence-corrected chi connectivity index (χ0v) is 14.3. The molecule has 2 atom stereocenters. The van der Waals surface area contributed by atoms with Crippen molar-refractivity contribution >= 4 is 29.1 Å². The highest BCUT2D eigenvalue weighted by atomic mass is 32.2. The molecule has 24 heavy (non-hydrogen) atoms. The van der Waals surface area contributed by atoms with E-state index in [-0.39, 0.29) is 28.9 Å². The minimum absolute atomic E-state index is 0.216. The summed E-state index contributed by atoms with van der Waals surface area (Å²) < 4.78 is 7.30. The molecule has 3 rings (SSSR count). The van der Waals surface area contributed by atoms with Gasteiger partial charge in [-0.05, 0) is 12.0 Å². The fraction of sp³-hybridized carbons (Fsp3) is 0.500. The Bertz CT molecular complexity index is 679. The predicted octanol–water partition coefficient (Wildman–Crippen LogP) is 1.03. The van der Waals surface area contributed by atoms with E-state index in [1.165, 1.54) is 11.8 Å². The summed E-state index contributed by atoms with van der Waals surface area (Å²) in [5.41, 5.74) is 1.73. The van der Waals surface area contributed by atoms with Crippen LogP contribution in [-0.4, -0.2) is 50.5 Å². The van der Waals surface area contributed by atoms with E-state index in [1.54, 1.807) is 4.68 Å². The van der Waals surface area contributed by atoms with Crippen molar-refractivity contribution in [2.24, 2.45) is 5.92 Å². The second-order valence-corrected chi connectivity index (χ2v) is 7.09. The maximum Gasteiger partial charge on any atom is 0.240 e. The lowest BCUT2D eigenvalue weighted by molar-refractivity contribution is -0.126. The number of thioether (sulfide) groups is 1. The van der Waals surface area contributed by atoms with Crippen LogP contribution < -0.4 is 5.32 Å². The van der Waals surface area contributed by atoms with Crippen molar-refractivity contribution < 1.29 is 14.3 Å². The number of rotatable bonds is 9. The molecule has 7 nitrogen and oxygen atoms in total. The van der Waals surface area contributed by atoms with Gasteiger partial charge < -0.3 is 4.74 Å². The highest BCUT2D eigenvalue weighted by Crippen LogP contribution is 2.34. The molecule has 2 heterocycles. The first-order valence-electron chi connectivity index (χ1n) is 7.93. The number of carbonyl (C=O) groups is 2. The molecule has 1 aliphatic carbocycles. The van der Waals surface area contributed by atoms with Gasteiger partial charge in [-0.1, -0.05) is 30.9 Å². The van der Waals surface area contributed by atoms with Gasteiger partial charge in [-0.25, -0.2) is 4.68 Å². The van der Waals surface area contributed by atoms with E-state index in [2.05, 4.69) is 22.2 Å². The van der Waals surface area contributed by atoms with Crippen LogP contribution in [0, 0.1) is 5.92 Å². The van der Waals surface area contributed by atoms with E-state index < -0.39 is 5.92 Å². The molecule has 0 aromatic carbocycles. The summed E-state index contributed by atoms with van der Waals surface area (Å²) in [4.78, 5) is 23.7. The van der Waals surface area contributed by atoms with Crippen LogP contribution in [0.3, 0.4) is 0 Å². The zero-order valence-electron chi connectivity index (χ0n) is 13.5. The molecule has 0 saturated carbocycles. The van der Waals surface area contributed by atoms with Crippen molar-refractivity contribution in [1.82, 2.24) is 20.3 Å². The fourth-order valence-electron chi connectivity index (χ4n) is 2.35. The van der Waals surface area contributed by atoms with E-state index in [0.717, 1.165) is 17.7 Å². The Hall–Kier alpha value is -1.93. The van der Waals surface area contributed by atoms with Gasteiger partial charge in [-0.3, -0.25) is 14.9 Å². The second-order valence-electron chi connectivity index (χ2n) is 5.77. The fourth-order valence-corrected chi connectivity index (χ4v) is 3.53. The molecule has 0 radical (unpaired) electrons. The molecular weight excluding hydrogens is 328 g/mol. The van der Waals surface area contributed by atoms with Crippen molar-refractivity contribution in [1.29, 1.82) is 0 Å². The van der Waals surface area contributed by atoms with Gasteiger partial charge in [0.1, 0.15) is 5.69 Å². The Balaban J connectivity index is 1.45. The monoisotopic (exact) mass is 348 g/mol. The standard InChI is InChI=1S/C16H20N4O3S/c1-3-10(2)13-8-20(19-18-13)6-7-23-9-12-14(24-11-4-5-11)16(22)17-15(12)21/h4-5,8,11-12,14H,2-3,6-7,9H2,1H3,(H,17,21,22). The third-order valence-corrected chi connectivity index (χ3v) is 5.41. The molecule has 1 aromatic rings. The van der Waals surface area contributed by atoms with Crippen LogP contribution >= 0.6 is 11.8 Å². The van der Waals surface area contributed by atoms with Crippen LogP contribution in [0.1, 0.15) is 19.0 Å². The number of aromatic nitrogens is 3. The number of hydrogen-bond acceptors (Lipinski definition) is 6. The number of nitrogens with zero attached hydrogens (tertiary/aromatic N) is 3. The van der Waals surface area contributed by atoms with Crippen molar-refractivity contribution in [2.45, 2.75) is 30.4 Å². The molecule has 0 spiro atoms. The molecule has 1 saturated heterocycles. The highest BCUT2D eigenvalue weighted by molar-refractivity contribution is 8.01. The van der Waals surface area contributed by atoms with E-state index in [1.807, 2.05) is 25.3 Å². The van der Waals surface area contributed by atoms with Crippen LogP contribution in [-0.2, 0) is 20.9 Å². The van der Waals surface area contributed by atoms with E-state index in [4.69, 9.17) is 4.74 Å². The lowest BCUT2D eigenvalue weighted by atomic mass is 10.1. The average molecular weight is 348 g/mol. The Morgan fingerprint density at radius 1 is 1.42 bits per heavy atom. The topological polar surface area (TPSA) is 86.1 Å². The largest absolute Gasteiger partial charge is 0.379 e. The van der Waals surface area contributed by atoms with Gasteiger partial charge in [0.25, 0.3) is 0 Å². The maximum absolute atomic E-state index is 11.9. The van der Waals surface area contributed by atoms with Crippen molar-refractivity contribution in [2.75, 3.05) is 13.2 Å². The summed E-state index contributed by atoms with van der Waals surface area (Å²) in [5, 5.41) is 10.4. The highest BCUT2D eigenvalue weighted by Gasteiger charge is 2.43. The molecule has 128 valence electrons. The van der Waals surface area contributed by atoms with Gasteiger partial charge >= 0.3 is 0 Å². The van der Waals surface area contributed by atoms with Crippen LogP contribution in [0.5, 0.6) is 0 Å². The van der Waals surface area contributed by atoms with Crippen molar-refractivity contribution in [3.8, 4) is 0 Å². The molecule has 2 aliphatic rings. The number of amides is 2. The Labute approximate surface area is 144 Å². The molecule has 0 bridgehead atoms. The van der Waals surface area contributed by atoms with Crippen LogP contribution in [0.15, 0.2) is 24.9 Å². The predicted molar refractivity (Wildman–Crippen MR) is 91.1 cm³/mol. The molecule has 1 aromatic heterocycles. The van der Waals surface area contributed by atoms with E-state index >= 15 is 0 Å². The van der Waals surface area contributed by atoms with Gasteiger partial charge in [-0.2, -0.15) is 0 Å². The van der Waals surface area contributed by atoms with Gasteiger partial charge in [0.05, 0.1) is 37.1 Å². The molecule has 2 unspecified atom stereocenters. The summed E-state index contributed by atoms with van der Waals surface area (Å²) in [6.07, 6.45) is 6.67. The molecular formula is C16H20N4O3S. The Morgan fingerprint density at radius 3 is 2.92 bits per heavy atom. The van der Waals surface area contributed by atoms with Crippen LogP contribution in [0.2, 0.25) is 0 Å². The molecule has 1 aliphatic heterocycles. The van der Waals surface area contributed by atoms with Crippen LogP contribution in [0.25, 0.3) is 5.57 Å². The number of imide groups is 1. The smallest absolute Gasteiger partial charge is 0.240 e. The molecule has 1 N–H and O–H groups in total. The van der Waals surface area contributed by atoms with Gasteiger partial charge in [0.15, 0.2) is 0 Å². The third-order valence-electron chi connectivity index (χ3n) is 3.95. The average Bonchev–Trinajstić information content (AvgIpc) is 3.19. The number of ether oxygens (including phenoxy) is 1. The zero-order chi connectivity index (χ0) is 17.1. The van der Waals surface area contributed by atoms with Gasteiger partial charge in [-0.15, -0.1) is 16.9 Å². The van der Waals surface area contributed by atoms with E-state index in [9.17, 15) is 9.59 Å². The van der Waals surface area contributed by atoms with Crippen LogP contribution in [0.4, 0.5) is 0 Å². The summed E-state index contributed by atoms with van der Waals surface area (Å²) in [5.74, 6) is -0.900. The Kier molecular flexibility index (Phi) is 5.15. The van der Waals surface area contributed by atoms with Crippen molar-refractivity contribution in [3.63, 3.8) is 0 Å². The van der Waals surface area contributed by atoms with E-state index in [0.29, 0.717) is 13.2 Å². The summed E-state index contributed by atoms with van der Waals surface area (Å²) in [6.45, 7) is 7.11. The number of allylic oxidation sites excluding steroid dienone is 1. The normalized spacial score (nSPS) is 22.9. The first-order chi connectivity index (χ1) is 11.6. The maximum atomic E-state index is 11.9. The minimum Gasteiger partial charge on any atom is -0.379 e. The number of hydrogen-bond donors (Lipinski definition) is 1. The number of nitrogens with one attached hydrogen (secondary N) is 1. The second kappa shape index (κ2) is 7.31. The quantitative estimate of drug-likeness (QED) is 0.407. The SMILES string of the molecule is C=C(CC)c1cn(CCOCC2C(=O)NC(=O)C2SC2C=C2)nn1. The lowest BCUT2D eigenvalue weighted by Gasteiger charge is -2.14. The third kappa shape index (κ3) is 3.93. The lowest BCUT2D eigenvalue weighted by Crippen LogP contribution is -2.26. The van der Waals surface area contributed by atoms with Gasteiger partial charge in [0.2, 0.25) is 11.8 Å². The summed E-state index contributed by atoms with van der Waals surface area (Å²) in [6, 6.07) is 0. The molecule has 2 amide bonds. The van der Waals surface area contributed by atoms with Crippen molar-refractivity contribution in [3.05, 3.63) is 30.6 Å². The molecule has 1 fully saturated rings. The summed E-state index contributed by atoms with van der Waals surface area (Å²) >= 11 is 1.50. The molecule has 8 heteroatoms. The number of carbonyl (C=O) groups excluding carboxylic acids is 2. The minimum atomic E-state index is -0.434.